The van der Waals surface area contributed by atoms with E-state index in [1.165, 1.54) is 21.2 Å². The summed E-state index contributed by atoms with van der Waals surface area (Å²) in [6, 6.07) is 75.2. The van der Waals surface area contributed by atoms with Gasteiger partial charge in [0.2, 0.25) is 0 Å². The standard InChI is InChI=1S/C55H36N6S/c1-4-16-37(17-5-1)46-36-47(57-52(56-46)40-30-32-45(33-31-40)61-48-26-10-12-28-50(48)62-51-29-13-11-27-49(51)61)43-24-14-22-41(34-43)42-23-15-25-44(35-42)55-59-53(38-18-6-2-7-19-38)58-54(60-55)39-20-8-3-9-21-39/h1-36H. The maximum Gasteiger partial charge on any atom is 0.164 e. The minimum absolute atomic E-state index is 0.613. The van der Waals surface area contributed by atoms with Crippen molar-refractivity contribution in [2.75, 3.05) is 4.90 Å². The number of hydrogen-bond donors (Lipinski definition) is 0. The van der Waals surface area contributed by atoms with Crippen molar-refractivity contribution in [3.8, 4) is 79.2 Å². The molecule has 10 aromatic rings. The molecule has 3 heterocycles. The van der Waals surface area contributed by atoms with Crippen LogP contribution in [0, 0.1) is 0 Å². The number of benzene rings is 8. The van der Waals surface area contributed by atoms with Crippen molar-refractivity contribution in [2.24, 2.45) is 0 Å². The molecule has 0 amide bonds. The molecular weight excluding hydrogens is 777 g/mol. The number of rotatable bonds is 8. The predicted octanol–water partition coefficient (Wildman–Crippen LogP) is 14.3. The molecule has 0 aliphatic carbocycles. The number of aromatic nitrogens is 5. The van der Waals surface area contributed by atoms with E-state index in [0.29, 0.717) is 23.3 Å². The first-order chi connectivity index (χ1) is 30.7. The van der Waals surface area contributed by atoms with Gasteiger partial charge in [0.25, 0.3) is 0 Å². The Morgan fingerprint density at radius 2 is 0.661 bits per heavy atom. The second-order valence-corrected chi connectivity index (χ2v) is 16.0. The van der Waals surface area contributed by atoms with Crippen LogP contribution in [0.1, 0.15) is 0 Å². The third kappa shape index (κ3) is 7.31. The Kier molecular flexibility index (Phi) is 9.69. The SMILES string of the molecule is c1ccc(-c2cc(-c3cccc(-c4cccc(-c5nc(-c6ccccc6)nc(-c6ccccc6)n5)c4)c3)nc(-c3ccc(N4c5ccccc5Sc5ccccc54)cc3)n2)cc1. The molecular formula is C55H36N6S. The van der Waals surface area contributed by atoms with E-state index < -0.39 is 0 Å². The normalized spacial score (nSPS) is 11.8. The molecule has 0 saturated heterocycles. The van der Waals surface area contributed by atoms with Crippen molar-refractivity contribution in [3.63, 3.8) is 0 Å². The number of fused-ring (bicyclic) bond motifs is 2. The lowest BCUT2D eigenvalue weighted by molar-refractivity contribution is 1.07. The van der Waals surface area contributed by atoms with E-state index in [1.54, 1.807) is 0 Å². The number of para-hydroxylation sites is 2. The van der Waals surface area contributed by atoms with E-state index in [2.05, 4.69) is 144 Å². The van der Waals surface area contributed by atoms with E-state index in [0.717, 1.165) is 61.6 Å². The summed E-state index contributed by atoms with van der Waals surface area (Å²) in [5.74, 6) is 2.54. The predicted molar refractivity (Wildman–Crippen MR) is 252 cm³/mol. The maximum atomic E-state index is 5.24. The molecule has 1 aliphatic rings. The Morgan fingerprint density at radius 1 is 0.274 bits per heavy atom. The fourth-order valence-corrected chi connectivity index (χ4v) is 8.91. The summed E-state index contributed by atoms with van der Waals surface area (Å²) >= 11 is 1.81. The van der Waals surface area contributed by atoms with Crippen LogP contribution in [0.4, 0.5) is 17.1 Å². The first kappa shape index (κ1) is 37.0. The molecule has 292 valence electrons. The van der Waals surface area contributed by atoms with E-state index in [1.807, 2.05) is 90.6 Å². The highest BCUT2D eigenvalue weighted by molar-refractivity contribution is 7.99. The summed E-state index contributed by atoms with van der Waals surface area (Å²) in [6.45, 7) is 0. The molecule has 0 fully saturated rings. The van der Waals surface area contributed by atoms with E-state index in [-0.39, 0.29) is 0 Å². The van der Waals surface area contributed by atoms with Gasteiger partial charge in [-0.05, 0) is 77.9 Å². The van der Waals surface area contributed by atoms with Gasteiger partial charge in [-0.15, -0.1) is 0 Å². The average molecular weight is 813 g/mol. The van der Waals surface area contributed by atoms with Crippen molar-refractivity contribution in [1.29, 1.82) is 0 Å². The van der Waals surface area contributed by atoms with Gasteiger partial charge < -0.3 is 4.90 Å². The van der Waals surface area contributed by atoms with Crippen LogP contribution in [0.5, 0.6) is 0 Å². The second kappa shape index (κ2) is 16.2. The Morgan fingerprint density at radius 3 is 1.23 bits per heavy atom. The molecule has 0 saturated carbocycles. The van der Waals surface area contributed by atoms with Crippen LogP contribution in [0.15, 0.2) is 228 Å². The molecule has 0 radical (unpaired) electrons. The largest absolute Gasteiger partial charge is 0.308 e. The van der Waals surface area contributed by atoms with Gasteiger partial charge in [0.05, 0.1) is 22.8 Å². The highest BCUT2D eigenvalue weighted by atomic mass is 32.2. The highest BCUT2D eigenvalue weighted by Crippen LogP contribution is 2.51. The lowest BCUT2D eigenvalue weighted by Crippen LogP contribution is -2.14. The summed E-state index contributed by atoms with van der Waals surface area (Å²) in [7, 11) is 0. The van der Waals surface area contributed by atoms with Gasteiger partial charge in [0.1, 0.15) is 0 Å². The lowest BCUT2D eigenvalue weighted by Gasteiger charge is -2.32. The smallest absolute Gasteiger partial charge is 0.164 e. The number of anilines is 3. The van der Waals surface area contributed by atoms with Gasteiger partial charge in [-0.1, -0.05) is 163 Å². The van der Waals surface area contributed by atoms with E-state index in [9.17, 15) is 0 Å². The zero-order chi connectivity index (χ0) is 41.2. The molecule has 1 aliphatic heterocycles. The number of nitrogens with zero attached hydrogens (tertiary/aromatic N) is 6. The van der Waals surface area contributed by atoms with Crippen LogP contribution in [-0.2, 0) is 0 Å². The molecule has 62 heavy (non-hydrogen) atoms. The Labute approximate surface area is 364 Å². The summed E-state index contributed by atoms with van der Waals surface area (Å²) in [5, 5.41) is 0. The van der Waals surface area contributed by atoms with Crippen molar-refractivity contribution in [2.45, 2.75) is 9.79 Å². The first-order valence-corrected chi connectivity index (χ1v) is 21.3. The van der Waals surface area contributed by atoms with E-state index >= 15 is 0 Å². The molecule has 11 rings (SSSR count). The summed E-state index contributed by atoms with van der Waals surface area (Å²) in [5.41, 5.74) is 12.9. The fraction of sp³-hybridized carbons (Fsp3) is 0. The summed E-state index contributed by atoms with van der Waals surface area (Å²) in [4.78, 5) is 30.0. The maximum absolute atomic E-state index is 5.24. The zero-order valence-corrected chi connectivity index (χ0v) is 34.2. The molecule has 7 heteroatoms. The van der Waals surface area contributed by atoms with E-state index in [4.69, 9.17) is 24.9 Å². The molecule has 2 aromatic heterocycles. The molecule has 0 spiro atoms. The lowest BCUT2D eigenvalue weighted by atomic mass is 9.99. The minimum Gasteiger partial charge on any atom is -0.308 e. The molecule has 0 unspecified atom stereocenters. The molecule has 0 N–H and O–H groups in total. The molecule has 0 bridgehead atoms. The summed E-state index contributed by atoms with van der Waals surface area (Å²) < 4.78 is 0. The van der Waals surface area contributed by atoms with Crippen molar-refractivity contribution in [3.05, 3.63) is 218 Å². The Hall–Kier alpha value is -8.00. The van der Waals surface area contributed by atoms with Crippen LogP contribution in [-0.4, -0.2) is 24.9 Å². The Bertz CT molecular complexity index is 3110. The van der Waals surface area contributed by atoms with Crippen LogP contribution in [0.25, 0.3) is 79.2 Å². The first-order valence-electron chi connectivity index (χ1n) is 20.5. The van der Waals surface area contributed by atoms with Gasteiger partial charge in [0, 0.05) is 48.9 Å². The van der Waals surface area contributed by atoms with Crippen LogP contribution >= 0.6 is 11.8 Å². The molecule has 6 nitrogen and oxygen atoms in total. The third-order valence-electron chi connectivity index (χ3n) is 10.9. The molecule has 0 atom stereocenters. The van der Waals surface area contributed by atoms with Gasteiger partial charge in [-0.25, -0.2) is 24.9 Å². The van der Waals surface area contributed by atoms with Gasteiger partial charge in [-0.3, -0.25) is 0 Å². The zero-order valence-electron chi connectivity index (χ0n) is 33.4. The van der Waals surface area contributed by atoms with Crippen molar-refractivity contribution >= 4 is 28.8 Å². The molecule has 8 aromatic carbocycles. The quantitative estimate of drug-likeness (QED) is 0.151. The minimum atomic E-state index is 0.613. The van der Waals surface area contributed by atoms with Gasteiger partial charge >= 0.3 is 0 Å². The fourth-order valence-electron chi connectivity index (χ4n) is 7.86. The third-order valence-corrected chi connectivity index (χ3v) is 12.1. The number of hydrogen-bond acceptors (Lipinski definition) is 7. The van der Waals surface area contributed by atoms with Crippen molar-refractivity contribution in [1.82, 2.24) is 24.9 Å². The van der Waals surface area contributed by atoms with Crippen LogP contribution in [0.3, 0.4) is 0 Å². The second-order valence-electron chi connectivity index (χ2n) is 14.9. The average Bonchev–Trinajstić information content (AvgIpc) is 3.36. The van der Waals surface area contributed by atoms with Crippen LogP contribution in [0.2, 0.25) is 0 Å². The highest BCUT2D eigenvalue weighted by Gasteiger charge is 2.24. The van der Waals surface area contributed by atoms with Crippen molar-refractivity contribution < 1.29 is 0 Å². The Balaban J connectivity index is 0.964. The van der Waals surface area contributed by atoms with Gasteiger partial charge in [-0.2, -0.15) is 0 Å². The topological polar surface area (TPSA) is 67.7 Å². The van der Waals surface area contributed by atoms with Crippen LogP contribution < -0.4 is 4.90 Å². The monoisotopic (exact) mass is 812 g/mol. The van der Waals surface area contributed by atoms with Gasteiger partial charge in [0.15, 0.2) is 23.3 Å². The summed E-state index contributed by atoms with van der Waals surface area (Å²) in [6.07, 6.45) is 0.